The smallest absolute Gasteiger partial charge is 0.255 e. The molecule has 0 radical (unpaired) electrons. The normalized spacial score (nSPS) is 16.5. The SMILES string of the molecule is CN(C)C1(CNCc2ccc(OCC(N)=O)cc2)CCC1. The van der Waals surface area contributed by atoms with Crippen molar-refractivity contribution in [2.45, 2.75) is 31.3 Å². The van der Waals surface area contributed by atoms with E-state index in [1.807, 2.05) is 24.3 Å². The number of benzene rings is 1. The quantitative estimate of drug-likeness (QED) is 0.753. The molecule has 0 heterocycles. The highest BCUT2D eigenvalue weighted by molar-refractivity contribution is 5.75. The van der Waals surface area contributed by atoms with Crippen molar-refractivity contribution >= 4 is 5.91 Å². The van der Waals surface area contributed by atoms with Crippen LogP contribution in [0, 0.1) is 0 Å². The van der Waals surface area contributed by atoms with Gasteiger partial charge in [-0.3, -0.25) is 4.79 Å². The monoisotopic (exact) mass is 291 g/mol. The van der Waals surface area contributed by atoms with Gasteiger partial charge in [-0.05, 0) is 51.1 Å². The van der Waals surface area contributed by atoms with E-state index in [1.165, 1.54) is 24.8 Å². The van der Waals surface area contributed by atoms with E-state index < -0.39 is 5.91 Å². The lowest BCUT2D eigenvalue weighted by Gasteiger charge is -2.47. The fraction of sp³-hybridized carbons (Fsp3) is 0.562. The molecule has 0 aromatic heterocycles. The van der Waals surface area contributed by atoms with Gasteiger partial charge in [-0.15, -0.1) is 0 Å². The molecule has 3 N–H and O–H groups in total. The molecule has 1 aliphatic rings. The second-order valence-electron chi connectivity index (χ2n) is 5.97. The highest BCUT2D eigenvalue weighted by atomic mass is 16.5. The summed E-state index contributed by atoms with van der Waals surface area (Å²) in [6, 6.07) is 7.74. The van der Waals surface area contributed by atoms with Gasteiger partial charge in [0.25, 0.3) is 5.91 Å². The summed E-state index contributed by atoms with van der Waals surface area (Å²) in [6.07, 6.45) is 3.87. The minimum Gasteiger partial charge on any atom is -0.484 e. The Morgan fingerprint density at radius 2 is 2.00 bits per heavy atom. The molecule has 0 unspecified atom stereocenters. The van der Waals surface area contributed by atoms with Gasteiger partial charge in [-0.25, -0.2) is 0 Å². The largest absolute Gasteiger partial charge is 0.484 e. The number of primary amides is 1. The molecule has 1 amide bonds. The Morgan fingerprint density at radius 1 is 1.33 bits per heavy atom. The lowest BCUT2D eigenvalue weighted by Crippen LogP contribution is -2.56. The number of hydrogen-bond donors (Lipinski definition) is 2. The molecule has 0 atom stereocenters. The topological polar surface area (TPSA) is 67.6 Å². The lowest BCUT2D eigenvalue weighted by atomic mass is 9.75. The Hall–Kier alpha value is -1.59. The van der Waals surface area contributed by atoms with Crippen LogP contribution in [0.4, 0.5) is 0 Å². The van der Waals surface area contributed by atoms with E-state index >= 15 is 0 Å². The van der Waals surface area contributed by atoms with E-state index in [4.69, 9.17) is 10.5 Å². The van der Waals surface area contributed by atoms with E-state index in [0.717, 1.165) is 13.1 Å². The van der Waals surface area contributed by atoms with Crippen molar-refractivity contribution in [2.75, 3.05) is 27.2 Å². The number of carbonyl (C=O) groups is 1. The lowest BCUT2D eigenvalue weighted by molar-refractivity contribution is -0.119. The van der Waals surface area contributed by atoms with Gasteiger partial charge >= 0.3 is 0 Å². The van der Waals surface area contributed by atoms with Crippen LogP contribution in [-0.2, 0) is 11.3 Å². The molecule has 1 saturated carbocycles. The Bertz CT molecular complexity index is 467. The second-order valence-corrected chi connectivity index (χ2v) is 5.97. The fourth-order valence-electron chi connectivity index (χ4n) is 2.66. The second kappa shape index (κ2) is 6.91. The number of nitrogens with one attached hydrogen (secondary N) is 1. The number of likely N-dealkylation sites (N-methyl/N-ethyl adjacent to an activating group) is 1. The van der Waals surface area contributed by atoms with Crippen molar-refractivity contribution in [1.82, 2.24) is 10.2 Å². The van der Waals surface area contributed by atoms with Crippen molar-refractivity contribution in [2.24, 2.45) is 5.73 Å². The third kappa shape index (κ3) is 4.19. The van der Waals surface area contributed by atoms with Crippen molar-refractivity contribution in [1.29, 1.82) is 0 Å². The number of hydrogen-bond acceptors (Lipinski definition) is 4. The van der Waals surface area contributed by atoms with E-state index in [1.54, 1.807) is 0 Å². The average Bonchev–Trinajstić information content (AvgIpc) is 2.40. The molecule has 1 aromatic carbocycles. The highest BCUT2D eigenvalue weighted by Crippen LogP contribution is 2.35. The summed E-state index contributed by atoms with van der Waals surface area (Å²) in [5.41, 5.74) is 6.58. The Kier molecular flexibility index (Phi) is 5.20. The molecule has 1 fully saturated rings. The zero-order valence-electron chi connectivity index (χ0n) is 12.9. The van der Waals surface area contributed by atoms with Crippen molar-refractivity contribution < 1.29 is 9.53 Å². The summed E-state index contributed by atoms with van der Waals surface area (Å²) in [4.78, 5) is 13.0. The number of amides is 1. The van der Waals surface area contributed by atoms with Crippen molar-refractivity contribution in [3.8, 4) is 5.75 Å². The third-order valence-corrected chi connectivity index (χ3v) is 4.32. The van der Waals surface area contributed by atoms with E-state index in [-0.39, 0.29) is 6.61 Å². The van der Waals surface area contributed by atoms with Crippen LogP contribution in [-0.4, -0.2) is 43.6 Å². The zero-order valence-corrected chi connectivity index (χ0v) is 12.9. The minimum absolute atomic E-state index is 0.0804. The van der Waals surface area contributed by atoms with E-state index in [9.17, 15) is 4.79 Å². The van der Waals surface area contributed by atoms with Gasteiger partial charge in [0.2, 0.25) is 0 Å². The third-order valence-electron chi connectivity index (χ3n) is 4.32. The predicted molar refractivity (Wildman–Crippen MR) is 83.1 cm³/mol. The van der Waals surface area contributed by atoms with Crippen LogP contribution in [0.2, 0.25) is 0 Å². The maximum Gasteiger partial charge on any atom is 0.255 e. The van der Waals surface area contributed by atoms with Crippen molar-refractivity contribution in [3.05, 3.63) is 29.8 Å². The number of ether oxygens (including phenoxy) is 1. The van der Waals surface area contributed by atoms with Crippen LogP contribution in [0.3, 0.4) is 0 Å². The Morgan fingerprint density at radius 3 is 2.48 bits per heavy atom. The van der Waals surface area contributed by atoms with Gasteiger partial charge in [-0.1, -0.05) is 12.1 Å². The summed E-state index contributed by atoms with van der Waals surface area (Å²) >= 11 is 0. The fourth-order valence-corrected chi connectivity index (χ4v) is 2.66. The summed E-state index contributed by atoms with van der Waals surface area (Å²) in [5.74, 6) is 0.205. The highest BCUT2D eigenvalue weighted by Gasteiger charge is 2.38. The first-order valence-electron chi connectivity index (χ1n) is 7.40. The Balaban J connectivity index is 1.77. The molecule has 0 saturated heterocycles. The van der Waals surface area contributed by atoms with Crippen molar-refractivity contribution in [3.63, 3.8) is 0 Å². The molecule has 1 aromatic rings. The van der Waals surface area contributed by atoms with E-state index in [0.29, 0.717) is 11.3 Å². The van der Waals surface area contributed by atoms with Crippen LogP contribution in [0.25, 0.3) is 0 Å². The van der Waals surface area contributed by atoms with Gasteiger partial charge in [0.15, 0.2) is 6.61 Å². The molecule has 2 rings (SSSR count). The maximum absolute atomic E-state index is 10.6. The molecular weight excluding hydrogens is 266 g/mol. The molecule has 1 aliphatic carbocycles. The van der Waals surface area contributed by atoms with Crippen LogP contribution in [0.1, 0.15) is 24.8 Å². The molecule has 0 spiro atoms. The van der Waals surface area contributed by atoms with Gasteiger partial charge in [0.05, 0.1) is 0 Å². The standard InChI is InChI=1S/C16H25N3O2/c1-19(2)16(8-3-9-16)12-18-10-13-4-6-14(7-5-13)21-11-15(17)20/h4-7,18H,3,8-12H2,1-2H3,(H2,17,20). The Labute approximate surface area is 126 Å². The summed E-state index contributed by atoms with van der Waals surface area (Å²) in [5, 5.41) is 3.54. The molecular formula is C16H25N3O2. The maximum atomic E-state index is 10.6. The molecule has 5 heteroatoms. The molecule has 0 aliphatic heterocycles. The predicted octanol–water partition coefficient (Wildman–Crippen LogP) is 1.12. The van der Waals surface area contributed by atoms with Crippen LogP contribution in [0.15, 0.2) is 24.3 Å². The number of carbonyl (C=O) groups excluding carboxylic acids is 1. The summed E-state index contributed by atoms with van der Waals surface area (Å²) in [7, 11) is 4.32. The van der Waals surface area contributed by atoms with Gasteiger partial charge in [0, 0.05) is 18.6 Å². The molecule has 116 valence electrons. The zero-order chi connectivity index (χ0) is 15.3. The average molecular weight is 291 g/mol. The number of nitrogens with two attached hydrogens (primary N) is 1. The summed E-state index contributed by atoms with van der Waals surface area (Å²) in [6.45, 7) is 1.77. The van der Waals surface area contributed by atoms with Gasteiger partial charge < -0.3 is 20.7 Å². The molecule has 5 nitrogen and oxygen atoms in total. The molecule has 0 bridgehead atoms. The van der Waals surface area contributed by atoms with Crippen LogP contribution in [0.5, 0.6) is 5.75 Å². The minimum atomic E-state index is -0.463. The first kappa shape index (κ1) is 15.8. The summed E-state index contributed by atoms with van der Waals surface area (Å²) < 4.78 is 5.24. The first-order valence-corrected chi connectivity index (χ1v) is 7.40. The number of nitrogens with zero attached hydrogens (tertiary/aromatic N) is 1. The van der Waals surface area contributed by atoms with Crippen LogP contribution >= 0.6 is 0 Å². The molecule has 21 heavy (non-hydrogen) atoms. The van der Waals surface area contributed by atoms with E-state index in [2.05, 4.69) is 24.3 Å². The van der Waals surface area contributed by atoms with Crippen LogP contribution < -0.4 is 15.8 Å². The van der Waals surface area contributed by atoms with Gasteiger partial charge in [-0.2, -0.15) is 0 Å². The first-order chi connectivity index (χ1) is 10.0. The number of rotatable bonds is 8. The van der Waals surface area contributed by atoms with Gasteiger partial charge in [0.1, 0.15) is 5.75 Å².